The van der Waals surface area contributed by atoms with Gasteiger partial charge in [0.05, 0.1) is 31.0 Å². The Bertz CT molecular complexity index is 2170. The van der Waals surface area contributed by atoms with Crippen LogP contribution in [0.5, 0.6) is 0 Å². The molecule has 0 unspecified atom stereocenters. The Labute approximate surface area is 357 Å². The summed E-state index contributed by atoms with van der Waals surface area (Å²) in [6.45, 7) is 11.9. The van der Waals surface area contributed by atoms with Gasteiger partial charge in [-0.1, -0.05) is 39.8 Å². The lowest BCUT2D eigenvalue weighted by Crippen LogP contribution is -2.59. The van der Waals surface area contributed by atoms with Gasteiger partial charge >= 0.3 is 6.03 Å². The van der Waals surface area contributed by atoms with Gasteiger partial charge in [-0.05, 0) is 81.5 Å². The number of amides is 6. The van der Waals surface area contributed by atoms with Gasteiger partial charge in [0.25, 0.3) is 0 Å². The van der Waals surface area contributed by atoms with Crippen LogP contribution in [0.15, 0.2) is 42.7 Å². The summed E-state index contributed by atoms with van der Waals surface area (Å²) in [6, 6.07) is 6.34. The monoisotopic (exact) mass is 837 g/mol. The summed E-state index contributed by atoms with van der Waals surface area (Å²) in [6.07, 6.45) is 5.73. The van der Waals surface area contributed by atoms with Crippen molar-refractivity contribution in [2.24, 2.45) is 11.8 Å². The predicted octanol–water partition coefficient (Wildman–Crippen LogP) is 3.86. The molecule has 2 aromatic heterocycles. The second-order valence-electron chi connectivity index (χ2n) is 17.5. The van der Waals surface area contributed by atoms with Crippen molar-refractivity contribution in [1.29, 1.82) is 0 Å². The van der Waals surface area contributed by atoms with E-state index in [0.29, 0.717) is 67.4 Å². The van der Waals surface area contributed by atoms with E-state index in [1.807, 2.05) is 53.7 Å². The number of nitrogens with one attached hydrogen (secondary N) is 4. The topological polar surface area (TPSA) is 202 Å². The quantitative estimate of drug-likeness (QED) is 0.153. The van der Waals surface area contributed by atoms with Crippen molar-refractivity contribution < 1.29 is 28.8 Å². The third-order valence-corrected chi connectivity index (χ3v) is 11.5. The number of aryl methyl sites for hydroxylation is 2. The smallest absolute Gasteiger partial charge is 0.330 e. The number of hydrogen-bond acceptors (Lipinski definition) is 11. The van der Waals surface area contributed by atoms with E-state index in [0.717, 1.165) is 16.8 Å². The highest BCUT2D eigenvalue weighted by Gasteiger charge is 2.53. The number of fused-ring (bicyclic) bond motifs is 1. The van der Waals surface area contributed by atoms with E-state index in [4.69, 9.17) is 0 Å². The number of benzene rings is 1. The first-order chi connectivity index (χ1) is 28.9. The van der Waals surface area contributed by atoms with Gasteiger partial charge in [0.2, 0.25) is 29.6 Å². The predicted molar refractivity (Wildman–Crippen MR) is 231 cm³/mol. The number of likely N-dealkylation sites (N-methyl/N-ethyl adjacent to an activating group) is 1. The minimum absolute atomic E-state index is 0.160. The number of anilines is 4. The number of hydrogen-bond donors (Lipinski definition) is 4. The largest absolute Gasteiger partial charge is 0.347 e. The van der Waals surface area contributed by atoms with Crippen LogP contribution in [0.3, 0.4) is 0 Å². The molecule has 0 radical (unpaired) electrons. The van der Waals surface area contributed by atoms with Crippen LogP contribution in [0.4, 0.5) is 27.9 Å². The summed E-state index contributed by atoms with van der Waals surface area (Å²) in [7, 11) is 4.93. The molecule has 6 rings (SSSR count). The van der Waals surface area contributed by atoms with E-state index < -0.39 is 35.5 Å². The lowest BCUT2D eigenvalue weighted by atomic mass is 10.0. The normalized spacial score (nSPS) is 17.8. The maximum Gasteiger partial charge on any atom is 0.330 e. The molecule has 4 N–H and O–H groups in total. The average Bonchev–Trinajstić information content (AvgIpc) is 3.83. The van der Waals surface area contributed by atoms with E-state index >= 15 is 0 Å². The summed E-state index contributed by atoms with van der Waals surface area (Å²) in [4.78, 5) is 101. The third-order valence-electron chi connectivity index (χ3n) is 11.5. The molecule has 2 fully saturated rings. The molecule has 1 saturated heterocycles. The fourth-order valence-electron chi connectivity index (χ4n) is 7.85. The van der Waals surface area contributed by atoms with Gasteiger partial charge < -0.3 is 25.8 Å². The van der Waals surface area contributed by atoms with Crippen molar-refractivity contribution in [2.45, 2.75) is 104 Å². The fourth-order valence-corrected chi connectivity index (χ4v) is 7.85. The second kappa shape index (κ2) is 18.3. The van der Waals surface area contributed by atoms with Gasteiger partial charge in [-0.2, -0.15) is 4.98 Å². The van der Waals surface area contributed by atoms with Crippen molar-refractivity contribution in [3.63, 3.8) is 0 Å². The highest BCUT2D eigenvalue weighted by molar-refractivity contribution is 6.07. The molecular weight excluding hydrogens is 779 g/mol. The van der Waals surface area contributed by atoms with Crippen LogP contribution in [0, 0.1) is 25.7 Å². The first kappa shape index (κ1) is 44.6. The molecule has 0 bridgehead atoms. The first-order valence-electron chi connectivity index (χ1n) is 21.0. The third kappa shape index (κ3) is 9.99. The van der Waals surface area contributed by atoms with E-state index in [2.05, 4.69) is 36.2 Å². The molecule has 4 heterocycles. The van der Waals surface area contributed by atoms with Gasteiger partial charge in [0, 0.05) is 56.4 Å². The molecule has 3 aromatic rings. The van der Waals surface area contributed by atoms with Crippen molar-refractivity contribution in [3.05, 3.63) is 65.1 Å². The summed E-state index contributed by atoms with van der Waals surface area (Å²) in [5.74, 6) is -0.861. The van der Waals surface area contributed by atoms with Crippen LogP contribution in [0.25, 0.3) is 0 Å². The number of aromatic nitrogens is 3. The van der Waals surface area contributed by atoms with Gasteiger partial charge in [0.15, 0.2) is 5.78 Å². The van der Waals surface area contributed by atoms with Crippen molar-refractivity contribution >= 4 is 58.6 Å². The number of urea groups is 1. The maximum atomic E-state index is 14.1. The Morgan fingerprint density at radius 3 is 2.36 bits per heavy atom. The van der Waals surface area contributed by atoms with Crippen LogP contribution in [-0.2, 0) is 25.7 Å². The number of carbonyl (C=O) groups is 6. The lowest BCUT2D eigenvalue weighted by Gasteiger charge is -2.35. The molecule has 1 aliphatic carbocycles. The molecule has 0 spiro atoms. The summed E-state index contributed by atoms with van der Waals surface area (Å²) in [5.41, 5.74) is 2.90. The zero-order valence-corrected chi connectivity index (χ0v) is 36.7. The second-order valence-corrected chi connectivity index (χ2v) is 17.5. The molecule has 326 valence electrons. The standard InChI is InChI=1S/C44H59N11O6/c1-25(2)19-32(39(58)52(7)8)49-41(60)44(16-17-44)51-38(57)33-11-10-18-54(33)40(59)36(26(3)4)46-23-35(56)29-14-12-27(5)34(20-29)55-24-30-21-47-42(50-37(30)53(9)43(55)61)48-31-15-13-28(6)45-22-31/h12-15,20-22,25-26,32-33,36,46H,10-11,16-19,23-24H2,1-9H3,(H,49,60)(H,51,57)(H,47,48,50)/t32-,33-,36-/m0/s1. The summed E-state index contributed by atoms with van der Waals surface area (Å²) in [5, 5.41) is 12.1. The number of Topliss-reactive ketones (excluding diaryl/α,β-unsaturated/α-hetero) is 1. The van der Waals surface area contributed by atoms with Crippen LogP contribution in [0.2, 0.25) is 0 Å². The molecular formula is C44H59N11O6. The molecule has 17 heteroatoms. The molecule has 6 amide bonds. The van der Waals surface area contributed by atoms with Gasteiger partial charge in [-0.15, -0.1) is 0 Å². The highest BCUT2D eigenvalue weighted by atomic mass is 16.2. The van der Waals surface area contributed by atoms with Crippen molar-refractivity contribution in [2.75, 3.05) is 49.3 Å². The number of pyridine rings is 1. The van der Waals surface area contributed by atoms with Gasteiger partial charge in [-0.25, -0.2) is 9.78 Å². The minimum Gasteiger partial charge on any atom is -0.347 e. The molecule has 2 aliphatic heterocycles. The van der Waals surface area contributed by atoms with E-state index in [9.17, 15) is 28.8 Å². The Kier molecular flexibility index (Phi) is 13.4. The fraction of sp³-hybridized carbons (Fsp3) is 0.523. The molecule has 3 atom stereocenters. The van der Waals surface area contributed by atoms with Gasteiger partial charge in [-0.3, -0.25) is 44.1 Å². The Hall–Kier alpha value is -5.97. The van der Waals surface area contributed by atoms with Crippen molar-refractivity contribution in [3.8, 4) is 0 Å². The number of rotatable bonds is 16. The van der Waals surface area contributed by atoms with Crippen molar-refractivity contribution in [1.82, 2.24) is 40.7 Å². The zero-order chi connectivity index (χ0) is 44.3. The maximum absolute atomic E-state index is 14.1. The molecule has 1 aromatic carbocycles. The Balaban J connectivity index is 1.09. The number of likely N-dealkylation sites (tertiary alicyclic amines) is 1. The van der Waals surface area contributed by atoms with E-state index in [1.165, 1.54) is 9.80 Å². The number of ketones is 1. The lowest BCUT2D eigenvalue weighted by molar-refractivity contribution is -0.142. The van der Waals surface area contributed by atoms with Crippen LogP contribution in [0.1, 0.15) is 87.0 Å². The summed E-state index contributed by atoms with van der Waals surface area (Å²) >= 11 is 0. The van der Waals surface area contributed by atoms with Crippen LogP contribution in [-0.4, -0.2) is 118 Å². The zero-order valence-electron chi connectivity index (χ0n) is 36.7. The minimum atomic E-state index is -1.13. The number of nitrogens with zero attached hydrogens (tertiary/aromatic N) is 7. The van der Waals surface area contributed by atoms with Gasteiger partial charge in [0.1, 0.15) is 23.4 Å². The Morgan fingerprint density at radius 2 is 1.72 bits per heavy atom. The average molecular weight is 838 g/mol. The summed E-state index contributed by atoms with van der Waals surface area (Å²) < 4.78 is 0. The first-order valence-corrected chi connectivity index (χ1v) is 21.0. The van der Waals surface area contributed by atoms with E-state index in [1.54, 1.807) is 61.5 Å². The molecule has 17 nitrogen and oxygen atoms in total. The van der Waals surface area contributed by atoms with E-state index in [-0.39, 0.29) is 48.6 Å². The SMILES string of the molecule is Cc1ccc(Nc2ncc3c(n2)N(C)C(=O)N(c2cc(C(=O)CN[C@H](C(=O)N4CCC[C@H]4C(=O)NC4(C(=O)N[C@@H](CC(C)C)C(=O)N(C)C)CC4)C(C)C)ccc2C)C3)cn1. The molecule has 1 saturated carbocycles. The molecule has 61 heavy (non-hydrogen) atoms. The number of carbonyl (C=O) groups excluding carboxylic acids is 6. The van der Waals surface area contributed by atoms with Crippen LogP contribution >= 0.6 is 0 Å². The molecule has 3 aliphatic rings. The van der Waals surface area contributed by atoms with Crippen LogP contribution < -0.4 is 31.1 Å². The Morgan fingerprint density at radius 1 is 0.984 bits per heavy atom. The highest BCUT2D eigenvalue weighted by Crippen LogP contribution is 2.37.